The van der Waals surface area contributed by atoms with E-state index in [9.17, 15) is 9.59 Å². The van der Waals surface area contributed by atoms with Crippen molar-refractivity contribution in [2.75, 3.05) is 36.4 Å². The SMILES string of the molecule is Cc1nc(C)c(C(=O)Nc2ccc(N3CCCN(C(=O)C4CC4)CC3)cc2)s1. The lowest BCUT2D eigenvalue weighted by Crippen LogP contribution is -2.36. The molecule has 7 heteroatoms. The number of rotatable bonds is 4. The van der Waals surface area contributed by atoms with Crippen molar-refractivity contribution >= 4 is 34.5 Å². The summed E-state index contributed by atoms with van der Waals surface area (Å²) >= 11 is 1.42. The lowest BCUT2D eigenvalue weighted by Gasteiger charge is -2.24. The van der Waals surface area contributed by atoms with Gasteiger partial charge in [-0.25, -0.2) is 4.98 Å². The van der Waals surface area contributed by atoms with Crippen LogP contribution in [0.4, 0.5) is 11.4 Å². The number of carbonyl (C=O) groups is 2. The molecule has 0 spiro atoms. The van der Waals surface area contributed by atoms with Crippen LogP contribution in [0.15, 0.2) is 24.3 Å². The Kier molecular flexibility index (Phi) is 5.35. The lowest BCUT2D eigenvalue weighted by molar-refractivity contribution is -0.132. The molecule has 148 valence electrons. The molecule has 1 aromatic heterocycles. The molecule has 0 radical (unpaired) electrons. The molecule has 2 fully saturated rings. The van der Waals surface area contributed by atoms with E-state index in [1.54, 1.807) is 0 Å². The summed E-state index contributed by atoms with van der Waals surface area (Å²) in [5, 5.41) is 3.85. The summed E-state index contributed by atoms with van der Waals surface area (Å²) in [6, 6.07) is 7.96. The van der Waals surface area contributed by atoms with E-state index in [1.165, 1.54) is 11.3 Å². The summed E-state index contributed by atoms with van der Waals surface area (Å²) in [7, 11) is 0. The van der Waals surface area contributed by atoms with E-state index in [4.69, 9.17) is 0 Å². The highest BCUT2D eigenvalue weighted by Gasteiger charge is 2.33. The minimum Gasteiger partial charge on any atom is -0.370 e. The van der Waals surface area contributed by atoms with Crippen LogP contribution in [0.1, 0.15) is 39.6 Å². The zero-order chi connectivity index (χ0) is 19.7. The molecule has 0 bridgehead atoms. The number of amides is 2. The van der Waals surface area contributed by atoms with E-state index in [0.717, 1.165) is 67.5 Å². The molecular weight excluding hydrogens is 372 g/mol. The third kappa shape index (κ3) is 4.19. The molecule has 28 heavy (non-hydrogen) atoms. The monoisotopic (exact) mass is 398 g/mol. The normalized spacial score (nSPS) is 17.4. The Morgan fingerprint density at radius 3 is 2.46 bits per heavy atom. The quantitative estimate of drug-likeness (QED) is 0.857. The largest absolute Gasteiger partial charge is 0.370 e. The summed E-state index contributed by atoms with van der Waals surface area (Å²) in [5.41, 5.74) is 2.68. The third-order valence-corrected chi connectivity index (χ3v) is 6.41. The fraction of sp³-hybridized carbons (Fsp3) is 0.476. The number of aryl methyl sites for hydroxylation is 2. The first-order valence-corrected chi connectivity index (χ1v) is 10.7. The molecule has 2 aromatic rings. The van der Waals surface area contributed by atoms with Crippen LogP contribution in [-0.4, -0.2) is 47.9 Å². The van der Waals surface area contributed by atoms with E-state index in [1.807, 2.05) is 43.0 Å². The number of hydrogen-bond acceptors (Lipinski definition) is 5. The average molecular weight is 399 g/mol. The first kappa shape index (κ1) is 18.9. The Hall–Kier alpha value is -2.41. The van der Waals surface area contributed by atoms with Crippen molar-refractivity contribution in [3.8, 4) is 0 Å². The molecule has 1 saturated carbocycles. The highest BCUT2D eigenvalue weighted by Crippen LogP contribution is 2.31. The Balaban J connectivity index is 1.37. The van der Waals surface area contributed by atoms with E-state index in [0.29, 0.717) is 16.7 Å². The number of carbonyl (C=O) groups excluding carboxylic acids is 2. The van der Waals surface area contributed by atoms with E-state index in [-0.39, 0.29) is 5.91 Å². The van der Waals surface area contributed by atoms with Crippen molar-refractivity contribution in [2.45, 2.75) is 33.1 Å². The molecule has 1 aromatic carbocycles. The van der Waals surface area contributed by atoms with Gasteiger partial charge in [0.25, 0.3) is 5.91 Å². The fourth-order valence-corrected chi connectivity index (χ4v) is 4.49. The zero-order valence-electron chi connectivity index (χ0n) is 16.4. The summed E-state index contributed by atoms with van der Waals surface area (Å²) in [5.74, 6) is 0.522. The standard InChI is InChI=1S/C21H26N4O2S/c1-14-19(28-15(2)22-14)20(26)23-17-6-8-18(9-7-17)24-10-3-11-25(13-12-24)21(27)16-4-5-16/h6-9,16H,3-5,10-13H2,1-2H3,(H,23,26). The number of aromatic nitrogens is 1. The van der Waals surface area contributed by atoms with Gasteiger partial charge in [-0.05, 0) is 57.4 Å². The highest BCUT2D eigenvalue weighted by molar-refractivity contribution is 7.13. The van der Waals surface area contributed by atoms with Crippen molar-refractivity contribution < 1.29 is 9.59 Å². The van der Waals surface area contributed by atoms with Crippen LogP contribution >= 0.6 is 11.3 Å². The maximum atomic E-state index is 12.5. The second-order valence-electron chi connectivity index (χ2n) is 7.59. The smallest absolute Gasteiger partial charge is 0.267 e. The second-order valence-corrected chi connectivity index (χ2v) is 8.79. The van der Waals surface area contributed by atoms with Gasteiger partial charge in [0, 0.05) is 43.5 Å². The van der Waals surface area contributed by atoms with Crippen molar-refractivity contribution in [1.82, 2.24) is 9.88 Å². The van der Waals surface area contributed by atoms with Gasteiger partial charge in [0.1, 0.15) is 4.88 Å². The van der Waals surface area contributed by atoms with E-state index < -0.39 is 0 Å². The minimum absolute atomic E-state index is 0.111. The van der Waals surface area contributed by atoms with Crippen LogP contribution in [0.5, 0.6) is 0 Å². The fourth-order valence-electron chi connectivity index (χ4n) is 3.67. The summed E-state index contributed by atoms with van der Waals surface area (Å²) in [6.45, 7) is 7.20. The van der Waals surface area contributed by atoms with Crippen LogP contribution in [0, 0.1) is 19.8 Å². The molecular formula is C21H26N4O2S. The molecule has 2 amide bonds. The van der Waals surface area contributed by atoms with Gasteiger partial charge in [0.15, 0.2) is 0 Å². The average Bonchev–Trinajstić information content (AvgIpc) is 3.49. The van der Waals surface area contributed by atoms with Crippen LogP contribution < -0.4 is 10.2 Å². The van der Waals surface area contributed by atoms with E-state index >= 15 is 0 Å². The molecule has 0 unspecified atom stereocenters. The third-order valence-electron chi connectivity index (χ3n) is 5.33. The summed E-state index contributed by atoms with van der Waals surface area (Å²) in [4.78, 5) is 34.1. The Labute approximate surface area is 169 Å². The van der Waals surface area contributed by atoms with Crippen LogP contribution in [0.2, 0.25) is 0 Å². The maximum absolute atomic E-state index is 12.5. The predicted molar refractivity (Wildman–Crippen MR) is 112 cm³/mol. The molecule has 2 aliphatic rings. The van der Waals surface area contributed by atoms with Crippen LogP contribution in [0.3, 0.4) is 0 Å². The number of nitrogens with one attached hydrogen (secondary N) is 1. The Bertz CT molecular complexity index is 873. The maximum Gasteiger partial charge on any atom is 0.267 e. The van der Waals surface area contributed by atoms with Crippen molar-refractivity contribution in [3.63, 3.8) is 0 Å². The molecule has 6 nitrogen and oxygen atoms in total. The number of benzene rings is 1. The minimum atomic E-state index is -0.111. The summed E-state index contributed by atoms with van der Waals surface area (Å²) in [6.07, 6.45) is 3.11. The first-order valence-electron chi connectivity index (χ1n) is 9.90. The van der Waals surface area contributed by atoms with Gasteiger partial charge in [-0.2, -0.15) is 0 Å². The first-order chi connectivity index (χ1) is 13.5. The number of thiazole rings is 1. The van der Waals surface area contributed by atoms with Gasteiger partial charge in [0.2, 0.25) is 5.91 Å². The molecule has 0 atom stereocenters. The molecule has 1 aliphatic heterocycles. The zero-order valence-corrected chi connectivity index (χ0v) is 17.2. The molecule has 1 N–H and O–H groups in total. The molecule has 1 aliphatic carbocycles. The number of hydrogen-bond donors (Lipinski definition) is 1. The van der Waals surface area contributed by atoms with E-state index in [2.05, 4.69) is 15.2 Å². The Morgan fingerprint density at radius 2 is 1.82 bits per heavy atom. The molecule has 1 saturated heterocycles. The van der Waals surface area contributed by atoms with Gasteiger partial charge in [-0.3, -0.25) is 9.59 Å². The number of nitrogens with zero attached hydrogens (tertiary/aromatic N) is 3. The predicted octanol–water partition coefficient (Wildman–Crippen LogP) is 3.46. The Morgan fingerprint density at radius 1 is 1.07 bits per heavy atom. The van der Waals surface area contributed by atoms with Gasteiger partial charge in [-0.1, -0.05) is 0 Å². The van der Waals surface area contributed by atoms with Crippen LogP contribution in [0.25, 0.3) is 0 Å². The van der Waals surface area contributed by atoms with Crippen molar-refractivity contribution in [3.05, 3.63) is 39.8 Å². The van der Waals surface area contributed by atoms with Gasteiger partial charge >= 0.3 is 0 Å². The van der Waals surface area contributed by atoms with Crippen LogP contribution in [-0.2, 0) is 4.79 Å². The highest BCUT2D eigenvalue weighted by atomic mass is 32.1. The van der Waals surface area contributed by atoms with Crippen molar-refractivity contribution in [1.29, 1.82) is 0 Å². The number of anilines is 2. The topological polar surface area (TPSA) is 65.5 Å². The summed E-state index contributed by atoms with van der Waals surface area (Å²) < 4.78 is 0. The second kappa shape index (κ2) is 7.91. The van der Waals surface area contributed by atoms with Gasteiger partial charge < -0.3 is 15.1 Å². The molecule has 2 heterocycles. The van der Waals surface area contributed by atoms with Gasteiger partial charge in [-0.15, -0.1) is 11.3 Å². The molecule has 4 rings (SSSR count). The lowest BCUT2D eigenvalue weighted by atomic mass is 10.2. The van der Waals surface area contributed by atoms with Gasteiger partial charge in [0.05, 0.1) is 10.7 Å². The van der Waals surface area contributed by atoms with Crippen molar-refractivity contribution in [2.24, 2.45) is 5.92 Å².